The molecule has 0 aliphatic rings. The Morgan fingerprint density at radius 2 is 1.87 bits per heavy atom. The van der Waals surface area contributed by atoms with Crippen LogP contribution in [0, 0.1) is 0 Å². The van der Waals surface area contributed by atoms with E-state index in [9.17, 15) is 14.4 Å². The smallest absolute Gasteiger partial charge is 0.322 e. The van der Waals surface area contributed by atoms with E-state index in [4.69, 9.17) is 16.6 Å². The van der Waals surface area contributed by atoms with Crippen LogP contribution in [0.1, 0.15) is 0 Å². The number of hydrogen-bond acceptors (Lipinski definition) is 5. The Hall–Kier alpha value is -1.67. The number of carbonyl (C=O) groups excluding carboxylic acids is 2. The van der Waals surface area contributed by atoms with Crippen LogP contribution in [0.25, 0.3) is 0 Å². The molecule has 0 bridgehead atoms. The molecule has 8 nitrogen and oxygen atoms in total. The lowest BCUT2D eigenvalue weighted by Crippen LogP contribution is -2.52. The second-order valence-corrected chi connectivity index (χ2v) is 2.67. The first-order chi connectivity index (χ1) is 7.01. The molecule has 0 rings (SSSR count). The van der Waals surface area contributed by atoms with Gasteiger partial charge in [0.1, 0.15) is 12.6 Å². The highest BCUT2D eigenvalue weighted by atomic mass is 16.4. The highest BCUT2D eigenvalue weighted by Crippen LogP contribution is 1.81. The molecule has 2 amide bonds. The summed E-state index contributed by atoms with van der Waals surface area (Å²) in [7, 11) is 0. The lowest BCUT2D eigenvalue weighted by Gasteiger charge is -2.15. The lowest BCUT2D eigenvalue weighted by atomic mass is 10.2. The normalized spacial score (nSPS) is 11.6. The van der Waals surface area contributed by atoms with Crippen molar-refractivity contribution in [3.63, 3.8) is 0 Å². The SMILES string of the molecule is NCC(=O)N[C@@H](CN)C(=O)NCC(=O)O. The van der Waals surface area contributed by atoms with Crippen molar-refractivity contribution >= 4 is 17.8 Å². The van der Waals surface area contributed by atoms with Gasteiger partial charge in [0, 0.05) is 6.54 Å². The van der Waals surface area contributed by atoms with E-state index in [0.717, 1.165) is 0 Å². The number of carbonyl (C=O) groups is 3. The molecule has 0 aromatic carbocycles. The molecule has 1 atom stereocenters. The van der Waals surface area contributed by atoms with Crippen LogP contribution in [-0.2, 0) is 14.4 Å². The first kappa shape index (κ1) is 13.3. The summed E-state index contributed by atoms with van der Waals surface area (Å²) in [5.74, 6) is -2.36. The molecule has 15 heavy (non-hydrogen) atoms. The van der Waals surface area contributed by atoms with Crippen molar-refractivity contribution < 1.29 is 19.5 Å². The summed E-state index contributed by atoms with van der Waals surface area (Å²) in [6.07, 6.45) is 0. The number of nitrogens with two attached hydrogens (primary N) is 2. The van der Waals surface area contributed by atoms with Crippen LogP contribution in [0.4, 0.5) is 0 Å². The minimum absolute atomic E-state index is 0.128. The fourth-order valence-electron chi connectivity index (χ4n) is 0.771. The fourth-order valence-corrected chi connectivity index (χ4v) is 0.771. The molecule has 0 aromatic heterocycles. The summed E-state index contributed by atoms with van der Waals surface area (Å²) in [4.78, 5) is 32.2. The zero-order valence-electron chi connectivity index (χ0n) is 8.03. The van der Waals surface area contributed by atoms with Crippen molar-refractivity contribution in [2.45, 2.75) is 6.04 Å². The average Bonchev–Trinajstić information content (AvgIpc) is 2.21. The number of carboxylic acids is 1. The standard InChI is InChI=1S/C7H14N4O4/c8-1-4(11-5(12)2-9)7(15)10-3-6(13)14/h4H,1-3,8-9H2,(H,10,15)(H,11,12)(H,13,14)/t4-/m0/s1. The van der Waals surface area contributed by atoms with Crippen LogP contribution in [0.3, 0.4) is 0 Å². The Balaban J connectivity index is 4.10. The summed E-state index contributed by atoms with van der Waals surface area (Å²) in [6.45, 7) is -0.909. The Kier molecular flexibility index (Phi) is 5.99. The molecule has 0 unspecified atom stereocenters. The van der Waals surface area contributed by atoms with Gasteiger partial charge in [-0.1, -0.05) is 0 Å². The van der Waals surface area contributed by atoms with E-state index < -0.39 is 30.4 Å². The van der Waals surface area contributed by atoms with Crippen LogP contribution < -0.4 is 22.1 Å². The lowest BCUT2D eigenvalue weighted by molar-refractivity contribution is -0.138. The van der Waals surface area contributed by atoms with Crippen molar-refractivity contribution in [3.05, 3.63) is 0 Å². The maximum absolute atomic E-state index is 11.2. The fraction of sp³-hybridized carbons (Fsp3) is 0.571. The molecular weight excluding hydrogens is 204 g/mol. The van der Waals surface area contributed by atoms with Crippen LogP contribution in [-0.4, -0.2) is 48.6 Å². The van der Waals surface area contributed by atoms with E-state index in [1.165, 1.54) is 0 Å². The van der Waals surface area contributed by atoms with Gasteiger partial charge in [0.2, 0.25) is 11.8 Å². The van der Waals surface area contributed by atoms with E-state index in [0.29, 0.717) is 0 Å². The predicted octanol–water partition coefficient (Wildman–Crippen LogP) is -3.41. The number of amides is 2. The Morgan fingerprint density at radius 3 is 2.27 bits per heavy atom. The second kappa shape index (κ2) is 6.74. The van der Waals surface area contributed by atoms with Gasteiger partial charge < -0.3 is 27.2 Å². The highest BCUT2D eigenvalue weighted by Gasteiger charge is 2.18. The summed E-state index contributed by atoms with van der Waals surface area (Å²) in [6, 6.07) is -0.958. The molecule has 0 aromatic rings. The summed E-state index contributed by atoms with van der Waals surface area (Å²) in [5.41, 5.74) is 10.2. The van der Waals surface area contributed by atoms with Crippen molar-refractivity contribution in [1.82, 2.24) is 10.6 Å². The molecule has 0 saturated carbocycles. The van der Waals surface area contributed by atoms with Gasteiger partial charge in [0.25, 0.3) is 0 Å². The quantitative estimate of drug-likeness (QED) is 0.313. The van der Waals surface area contributed by atoms with Crippen LogP contribution >= 0.6 is 0 Å². The number of rotatable bonds is 6. The number of aliphatic carboxylic acids is 1. The molecule has 0 aliphatic heterocycles. The van der Waals surface area contributed by atoms with E-state index in [-0.39, 0.29) is 13.1 Å². The van der Waals surface area contributed by atoms with Gasteiger partial charge in [-0.2, -0.15) is 0 Å². The third-order valence-electron chi connectivity index (χ3n) is 1.49. The first-order valence-corrected chi connectivity index (χ1v) is 4.20. The van der Waals surface area contributed by atoms with Crippen molar-refractivity contribution in [3.8, 4) is 0 Å². The minimum Gasteiger partial charge on any atom is -0.480 e. The molecule has 0 aliphatic carbocycles. The third kappa shape index (κ3) is 5.60. The maximum atomic E-state index is 11.2. The molecule has 0 saturated heterocycles. The average molecular weight is 218 g/mol. The van der Waals surface area contributed by atoms with Gasteiger partial charge >= 0.3 is 5.97 Å². The van der Waals surface area contributed by atoms with Crippen molar-refractivity contribution in [2.75, 3.05) is 19.6 Å². The highest BCUT2D eigenvalue weighted by molar-refractivity contribution is 5.90. The molecule has 86 valence electrons. The minimum atomic E-state index is -1.18. The maximum Gasteiger partial charge on any atom is 0.322 e. The van der Waals surface area contributed by atoms with E-state index in [1.54, 1.807) is 0 Å². The predicted molar refractivity (Wildman–Crippen MR) is 50.7 cm³/mol. The van der Waals surface area contributed by atoms with Crippen LogP contribution in [0.2, 0.25) is 0 Å². The zero-order valence-corrected chi connectivity index (χ0v) is 8.03. The van der Waals surface area contributed by atoms with E-state index in [2.05, 4.69) is 10.6 Å². The van der Waals surface area contributed by atoms with Gasteiger partial charge in [-0.05, 0) is 0 Å². The zero-order chi connectivity index (χ0) is 11.8. The summed E-state index contributed by atoms with van der Waals surface area (Å²) >= 11 is 0. The molecule has 8 heteroatoms. The molecule has 0 spiro atoms. The summed E-state index contributed by atoms with van der Waals surface area (Å²) in [5, 5.41) is 12.6. The molecular formula is C7H14N4O4. The summed E-state index contributed by atoms with van der Waals surface area (Å²) < 4.78 is 0. The van der Waals surface area contributed by atoms with Crippen molar-refractivity contribution in [2.24, 2.45) is 11.5 Å². The molecule has 0 heterocycles. The molecule has 0 radical (unpaired) electrons. The monoisotopic (exact) mass is 218 g/mol. The second-order valence-electron chi connectivity index (χ2n) is 2.67. The van der Waals surface area contributed by atoms with Gasteiger partial charge in [-0.25, -0.2) is 0 Å². The van der Waals surface area contributed by atoms with Crippen LogP contribution in [0.5, 0.6) is 0 Å². The van der Waals surface area contributed by atoms with Crippen LogP contribution in [0.15, 0.2) is 0 Å². The third-order valence-corrected chi connectivity index (χ3v) is 1.49. The Bertz CT molecular complexity index is 255. The first-order valence-electron chi connectivity index (χ1n) is 4.20. The Morgan fingerprint density at radius 1 is 1.27 bits per heavy atom. The Labute approximate surface area is 86.0 Å². The largest absolute Gasteiger partial charge is 0.480 e. The topological polar surface area (TPSA) is 148 Å². The van der Waals surface area contributed by atoms with E-state index in [1.807, 2.05) is 0 Å². The number of nitrogens with one attached hydrogen (secondary N) is 2. The number of carboxylic acid groups (broad SMARTS) is 1. The van der Waals surface area contributed by atoms with E-state index >= 15 is 0 Å². The van der Waals surface area contributed by atoms with Crippen molar-refractivity contribution in [1.29, 1.82) is 0 Å². The van der Waals surface area contributed by atoms with Gasteiger partial charge in [-0.3, -0.25) is 14.4 Å². The van der Waals surface area contributed by atoms with Gasteiger partial charge in [-0.15, -0.1) is 0 Å². The van der Waals surface area contributed by atoms with Gasteiger partial charge in [0.05, 0.1) is 6.54 Å². The van der Waals surface area contributed by atoms with Gasteiger partial charge in [0.15, 0.2) is 0 Å². The number of hydrogen-bond donors (Lipinski definition) is 5. The molecule has 7 N–H and O–H groups in total. The molecule has 0 fully saturated rings.